The molecule has 17 nitrogen and oxygen atoms in total. The van der Waals surface area contributed by atoms with E-state index in [0.29, 0.717) is 25.7 Å². The highest BCUT2D eigenvalue weighted by Crippen LogP contribution is 2.45. The van der Waals surface area contributed by atoms with Gasteiger partial charge in [0, 0.05) is 25.7 Å². The van der Waals surface area contributed by atoms with Crippen molar-refractivity contribution >= 4 is 39.5 Å². The van der Waals surface area contributed by atoms with Gasteiger partial charge in [-0.1, -0.05) is 452 Å². The van der Waals surface area contributed by atoms with Gasteiger partial charge >= 0.3 is 39.5 Å². The van der Waals surface area contributed by atoms with Gasteiger partial charge in [0.2, 0.25) is 0 Å². The Balaban J connectivity index is 5.19. The van der Waals surface area contributed by atoms with Crippen LogP contribution in [0.4, 0.5) is 0 Å². The number of aliphatic hydroxyl groups excluding tert-OH is 1. The van der Waals surface area contributed by atoms with Gasteiger partial charge in [-0.3, -0.25) is 37.3 Å². The predicted molar refractivity (Wildman–Crippen MR) is 460 cm³/mol. The van der Waals surface area contributed by atoms with Crippen molar-refractivity contribution < 1.29 is 80.2 Å². The van der Waals surface area contributed by atoms with Gasteiger partial charge < -0.3 is 33.8 Å². The summed E-state index contributed by atoms with van der Waals surface area (Å²) in [5.41, 5.74) is 0. The molecule has 0 aliphatic carbocycles. The molecular formula is C92H180O17P2. The molecule has 0 aromatic heterocycles. The zero-order chi connectivity index (χ0) is 81.1. The number of phosphoric acid groups is 2. The van der Waals surface area contributed by atoms with Crippen LogP contribution in [0.1, 0.15) is 503 Å². The van der Waals surface area contributed by atoms with E-state index in [1.165, 1.54) is 327 Å². The lowest BCUT2D eigenvalue weighted by Gasteiger charge is -2.21. The highest BCUT2D eigenvalue weighted by molar-refractivity contribution is 7.47. The van der Waals surface area contributed by atoms with Crippen molar-refractivity contribution in [2.75, 3.05) is 39.6 Å². The first-order valence-electron chi connectivity index (χ1n) is 47.7. The normalized spacial score (nSPS) is 13.9. The molecule has 19 heteroatoms. The van der Waals surface area contributed by atoms with E-state index in [-0.39, 0.29) is 25.7 Å². The molecule has 0 aromatic rings. The van der Waals surface area contributed by atoms with Gasteiger partial charge in [0.05, 0.1) is 26.4 Å². The standard InChI is InChI=1S/C92H180O17P2/c1-6-10-13-16-19-22-24-26-28-30-32-33-35-39-43-47-51-56-61-66-71-76-90(95)103-82-88(109-92(97)78-73-68-63-58-53-49-45-41-37-36-38-42-46-50-55-59-64-69-74-85(5)9-4)84-107-111(100,101)105-80-86(93)79-104-110(98,99)106-83-87(81-102-89(94)75-70-65-60-54-21-18-15-12-8-3)108-91(96)77-72-67-62-57-52-48-44-40-34-31-29-27-25-23-20-17-14-11-7-2/h85-88,93H,6-84H2,1-5H3,(H,98,99)(H,100,101)/t85?,86-,87+,88+/m0/s1. The molecule has 0 amide bonds. The number of rotatable bonds is 92. The third-order valence-corrected chi connectivity index (χ3v) is 24.0. The summed E-state index contributed by atoms with van der Waals surface area (Å²) in [6, 6.07) is 0. The van der Waals surface area contributed by atoms with Crippen molar-refractivity contribution in [3.05, 3.63) is 0 Å². The number of hydrogen-bond acceptors (Lipinski definition) is 15. The van der Waals surface area contributed by atoms with E-state index in [1.807, 2.05) is 0 Å². The van der Waals surface area contributed by atoms with E-state index >= 15 is 0 Å². The van der Waals surface area contributed by atoms with Crippen LogP contribution in [-0.2, 0) is 65.4 Å². The lowest BCUT2D eigenvalue weighted by molar-refractivity contribution is -0.161. The molecule has 0 fully saturated rings. The fraction of sp³-hybridized carbons (Fsp3) is 0.957. The molecule has 3 unspecified atom stereocenters. The van der Waals surface area contributed by atoms with E-state index in [2.05, 4.69) is 34.6 Å². The molecule has 0 aromatic carbocycles. The summed E-state index contributed by atoms with van der Waals surface area (Å²) in [6.07, 6.45) is 80.7. The van der Waals surface area contributed by atoms with E-state index in [4.69, 9.17) is 37.0 Å². The zero-order valence-electron chi connectivity index (χ0n) is 73.1. The topological polar surface area (TPSA) is 237 Å². The van der Waals surface area contributed by atoms with Crippen molar-refractivity contribution in [3.63, 3.8) is 0 Å². The molecule has 111 heavy (non-hydrogen) atoms. The molecule has 6 atom stereocenters. The van der Waals surface area contributed by atoms with Crippen LogP contribution in [0.2, 0.25) is 0 Å². The first-order chi connectivity index (χ1) is 54.1. The fourth-order valence-electron chi connectivity index (χ4n) is 14.5. The molecule has 0 radical (unpaired) electrons. The van der Waals surface area contributed by atoms with Gasteiger partial charge in [0.25, 0.3) is 0 Å². The third kappa shape index (κ3) is 84.3. The number of ether oxygens (including phenoxy) is 4. The van der Waals surface area contributed by atoms with Crippen molar-refractivity contribution in [2.24, 2.45) is 5.92 Å². The largest absolute Gasteiger partial charge is 0.472 e. The number of aliphatic hydroxyl groups is 1. The quantitative estimate of drug-likeness (QED) is 0.0222. The second kappa shape index (κ2) is 84.5. The highest BCUT2D eigenvalue weighted by Gasteiger charge is 2.31. The van der Waals surface area contributed by atoms with Crippen LogP contribution in [0.25, 0.3) is 0 Å². The van der Waals surface area contributed by atoms with Crippen LogP contribution in [0, 0.1) is 5.92 Å². The summed E-state index contributed by atoms with van der Waals surface area (Å²) < 4.78 is 69.0. The van der Waals surface area contributed by atoms with Crippen LogP contribution >= 0.6 is 15.6 Å². The van der Waals surface area contributed by atoms with Gasteiger partial charge in [-0.15, -0.1) is 0 Å². The fourth-order valence-corrected chi connectivity index (χ4v) is 16.1. The molecule has 0 saturated carbocycles. The Labute approximate surface area is 683 Å². The summed E-state index contributed by atoms with van der Waals surface area (Å²) in [4.78, 5) is 73.4. The van der Waals surface area contributed by atoms with Crippen molar-refractivity contribution in [1.82, 2.24) is 0 Å². The number of unbranched alkanes of at least 4 members (excludes halogenated alkanes) is 63. The van der Waals surface area contributed by atoms with Crippen molar-refractivity contribution in [3.8, 4) is 0 Å². The van der Waals surface area contributed by atoms with Crippen LogP contribution in [0.15, 0.2) is 0 Å². The average Bonchev–Trinajstić information content (AvgIpc) is 0.898. The molecule has 3 N–H and O–H groups in total. The van der Waals surface area contributed by atoms with Crippen molar-refractivity contribution in [1.29, 1.82) is 0 Å². The Morgan fingerprint density at radius 1 is 0.252 bits per heavy atom. The maximum Gasteiger partial charge on any atom is 0.472 e. The molecule has 0 aliphatic rings. The summed E-state index contributed by atoms with van der Waals surface area (Å²) >= 11 is 0. The van der Waals surface area contributed by atoms with E-state index < -0.39 is 97.5 Å². The Bertz CT molecular complexity index is 2100. The molecule has 0 spiro atoms. The minimum absolute atomic E-state index is 0.109. The van der Waals surface area contributed by atoms with Crippen LogP contribution < -0.4 is 0 Å². The Morgan fingerprint density at radius 2 is 0.432 bits per heavy atom. The van der Waals surface area contributed by atoms with E-state index in [9.17, 15) is 43.2 Å². The summed E-state index contributed by atoms with van der Waals surface area (Å²) in [5.74, 6) is -1.22. The Hall–Kier alpha value is -1.94. The number of carbonyl (C=O) groups excluding carboxylic acids is 4. The lowest BCUT2D eigenvalue weighted by Crippen LogP contribution is -2.30. The van der Waals surface area contributed by atoms with E-state index in [1.54, 1.807) is 0 Å². The third-order valence-electron chi connectivity index (χ3n) is 22.1. The predicted octanol–water partition coefficient (Wildman–Crippen LogP) is 28.7. The average molecular weight is 1620 g/mol. The summed E-state index contributed by atoms with van der Waals surface area (Å²) in [7, 11) is -9.93. The van der Waals surface area contributed by atoms with E-state index in [0.717, 1.165) is 95.8 Å². The van der Waals surface area contributed by atoms with Gasteiger partial charge in [-0.25, -0.2) is 9.13 Å². The second-order valence-corrected chi connectivity index (χ2v) is 36.2. The van der Waals surface area contributed by atoms with Gasteiger partial charge in [-0.2, -0.15) is 0 Å². The van der Waals surface area contributed by atoms with Crippen LogP contribution in [-0.4, -0.2) is 96.7 Å². The number of esters is 4. The number of hydrogen-bond donors (Lipinski definition) is 3. The lowest BCUT2D eigenvalue weighted by atomic mass is 9.99. The van der Waals surface area contributed by atoms with Gasteiger partial charge in [0.1, 0.15) is 19.3 Å². The molecule has 660 valence electrons. The van der Waals surface area contributed by atoms with Gasteiger partial charge in [0.15, 0.2) is 12.2 Å². The second-order valence-electron chi connectivity index (χ2n) is 33.3. The Morgan fingerprint density at radius 3 is 0.640 bits per heavy atom. The first-order valence-corrected chi connectivity index (χ1v) is 50.7. The minimum atomic E-state index is -4.97. The van der Waals surface area contributed by atoms with Crippen LogP contribution in [0.3, 0.4) is 0 Å². The molecule has 0 bridgehead atoms. The minimum Gasteiger partial charge on any atom is -0.462 e. The molecule has 0 aliphatic heterocycles. The molecule has 0 saturated heterocycles. The number of carbonyl (C=O) groups is 4. The molecule has 0 heterocycles. The summed E-state index contributed by atoms with van der Waals surface area (Å²) in [6.45, 7) is 7.45. The molecule has 0 rings (SSSR count). The smallest absolute Gasteiger partial charge is 0.462 e. The van der Waals surface area contributed by atoms with Crippen molar-refractivity contribution in [2.45, 2.75) is 522 Å². The maximum atomic E-state index is 13.2. The SMILES string of the molecule is CCCCCCCCCCCCCCCCCCCCCCCC(=O)OC[C@H](COP(=O)(O)OC[C@@H](O)COP(=O)(O)OC[C@@H](COC(=O)CCCCCCCCCCC)OC(=O)CCCCCCCCCCCCCCCCCCCCC)OC(=O)CCCCCCCCCCCCCCCCCCCCC(C)CC. The van der Waals surface area contributed by atoms with Crippen LogP contribution in [0.5, 0.6) is 0 Å². The number of phosphoric ester groups is 2. The zero-order valence-corrected chi connectivity index (χ0v) is 74.9. The maximum absolute atomic E-state index is 13.2. The summed E-state index contributed by atoms with van der Waals surface area (Å²) in [5, 5.41) is 10.7. The Kier molecular flexibility index (Phi) is 83.0. The first kappa shape index (κ1) is 109. The van der Waals surface area contributed by atoms with Gasteiger partial charge in [-0.05, 0) is 31.6 Å². The highest BCUT2D eigenvalue weighted by atomic mass is 31.2. The monoisotopic (exact) mass is 1620 g/mol. The molecular weight excluding hydrogens is 1440 g/mol.